The topological polar surface area (TPSA) is 113 Å². The minimum absolute atomic E-state index is 0.0596. The van der Waals surface area contributed by atoms with Crippen LogP contribution in [0, 0.1) is 13.8 Å². The molecule has 1 saturated heterocycles. The van der Waals surface area contributed by atoms with Crippen LogP contribution in [0.2, 0.25) is 0 Å². The molecule has 2 heterocycles. The molecule has 1 aliphatic heterocycles. The van der Waals surface area contributed by atoms with Crippen LogP contribution in [0.25, 0.3) is 5.69 Å². The molecular weight excluding hydrogens is 395 g/mol. The Balaban J connectivity index is 1.90. The number of carbonyl (C=O) groups is 4. The number of amides is 4. The number of halogens is 3. The maximum atomic E-state index is 13.0. The highest BCUT2D eigenvalue weighted by Crippen LogP contribution is 2.30. The van der Waals surface area contributed by atoms with Gasteiger partial charge in [0.2, 0.25) is 5.91 Å². The molecule has 0 unspecified atom stereocenters. The van der Waals surface area contributed by atoms with E-state index in [0.717, 1.165) is 16.8 Å². The van der Waals surface area contributed by atoms with Crippen LogP contribution in [0.5, 0.6) is 0 Å². The first-order valence-corrected chi connectivity index (χ1v) is 8.19. The number of benzene rings is 1. The van der Waals surface area contributed by atoms with Crippen molar-refractivity contribution in [2.75, 3.05) is 6.54 Å². The fourth-order valence-electron chi connectivity index (χ4n) is 2.86. The number of aryl methyl sites for hydroxylation is 1. The van der Waals surface area contributed by atoms with Gasteiger partial charge in [0.1, 0.15) is 6.54 Å². The summed E-state index contributed by atoms with van der Waals surface area (Å²) in [6.07, 6.45) is -4.56. The highest BCUT2D eigenvalue weighted by Gasteiger charge is 2.33. The molecule has 0 atom stereocenters. The summed E-state index contributed by atoms with van der Waals surface area (Å²) in [5, 5.41) is 6.64. The van der Waals surface area contributed by atoms with Crippen LogP contribution in [0.3, 0.4) is 0 Å². The lowest BCUT2D eigenvalue weighted by Gasteiger charge is -2.13. The maximum Gasteiger partial charge on any atom is 0.416 e. The summed E-state index contributed by atoms with van der Waals surface area (Å²) < 4.78 is 40.0. The highest BCUT2D eigenvalue weighted by atomic mass is 19.4. The summed E-state index contributed by atoms with van der Waals surface area (Å²) in [5.41, 5.74) is 1.32. The first-order valence-electron chi connectivity index (χ1n) is 8.19. The fraction of sp³-hybridized carbons (Fsp3) is 0.235. The number of rotatable bonds is 4. The van der Waals surface area contributed by atoms with Gasteiger partial charge in [-0.05, 0) is 32.0 Å². The number of carbonyl (C=O) groups excluding carboxylic acids is 4. The molecule has 1 fully saturated rings. The van der Waals surface area contributed by atoms with Crippen molar-refractivity contribution in [3.8, 4) is 5.69 Å². The first-order chi connectivity index (χ1) is 13.5. The number of imide groups is 1. The SMILES string of the molecule is Cc1nn(-c2cccc(C(F)(F)F)c2)c(C)c1C(=O)C(=O)NN1CC(=O)NC1=O. The third-order valence-corrected chi connectivity index (χ3v) is 4.17. The molecule has 2 aromatic rings. The largest absolute Gasteiger partial charge is 0.416 e. The molecule has 1 aromatic carbocycles. The number of Topliss-reactive ketones (excluding diaryl/α,β-unsaturated/α-hetero) is 1. The minimum atomic E-state index is -4.56. The van der Waals surface area contributed by atoms with Gasteiger partial charge in [-0.15, -0.1) is 0 Å². The number of nitrogens with one attached hydrogen (secondary N) is 2. The first kappa shape index (κ1) is 20.0. The van der Waals surface area contributed by atoms with Crippen molar-refractivity contribution in [1.82, 2.24) is 25.5 Å². The Bertz CT molecular complexity index is 1040. The number of hydrogen-bond acceptors (Lipinski definition) is 5. The zero-order valence-electron chi connectivity index (χ0n) is 15.1. The van der Waals surface area contributed by atoms with Gasteiger partial charge in [0.05, 0.1) is 28.2 Å². The van der Waals surface area contributed by atoms with Crippen LogP contribution in [0.1, 0.15) is 27.3 Å². The van der Waals surface area contributed by atoms with Gasteiger partial charge in [-0.1, -0.05) is 6.07 Å². The van der Waals surface area contributed by atoms with Gasteiger partial charge in [-0.3, -0.25) is 25.1 Å². The molecule has 4 amide bonds. The predicted molar refractivity (Wildman–Crippen MR) is 90.8 cm³/mol. The highest BCUT2D eigenvalue weighted by molar-refractivity contribution is 6.43. The quantitative estimate of drug-likeness (QED) is 0.449. The molecule has 0 aliphatic carbocycles. The van der Waals surface area contributed by atoms with E-state index >= 15 is 0 Å². The molecule has 1 aliphatic rings. The second kappa shape index (κ2) is 7.04. The number of urea groups is 1. The molecule has 12 heteroatoms. The van der Waals surface area contributed by atoms with Crippen LogP contribution in [0.15, 0.2) is 24.3 Å². The molecule has 152 valence electrons. The van der Waals surface area contributed by atoms with E-state index in [1.54, 1.807) is 0 Å². The number of hydrogen-bond donors (Lipinski definition) is 2. The number of ketones is 1. The zero-order chi connectivity index (χ0) is 21.5. The Morgan fingerprint density at radius 2 is 1.90 bits per heavy atom. The van der Waals surface area contributed by atoms with Gasteiger partial charge in [0.25, 0.3) is 5.78 Å². The maximum absolute atomic E-state index is 13.0. The van der Waals surface area contributed by atoms with Crippen LogP contribution >= 0.6 is 0 Å². The molecule has 0 radical (unpaired) electrons. The Labute approximate surface area is 161 Å². The molecule has 9 nitrogen and oxygen atoms in total. The van der Waals surface area contributed by atoms with Crippen molar-refractivity contribution in [3.63, 3.8) is 0 Å². The Morgan fingerprint density at radius 1 is 1.21 bits per heavy atom. The Hall–Kier alpha value is -3.70. The minimum Gasteiger partial charge on any atom is -0.283 e. The van der Waals surface area contributed by atoms with Gasteiger partial charge in [0.15, 0.2) is 0 Å². The molecule has 29 heavy (non-hydrogen) atoms. The van der Waals surface area contributed by atoms with E-state index in [-0.39, 0.29) is 22.6 Å². The summed E-state index contributed by atoms with van der Waals surface area (Å²) in [6, 6.07) is 3.46. The van der Waals surface area contributed by atoms with Crippen molar-refractivity contribution in [3.05, 3.63) is 46.8 Å². The van der Waals surface area contributed by atoms with Gasteiger partial charge in [0, 0.05) is 0 Å². The third-order valence-electron chi connectivity index (χ3n) is 4.17. The summed E-state index contributed by atoms with van der Waals surface area (Å²) >= 11 is 0. The molecule has 0 bridgehead atoms. The summed E-state index contributed by atoms with van der Waals surface area (Å²) in [5.74, 6) is -2.89. The van der Waals surface area contributed by atoms with Crippen LogP contribution in [-0.4, -0.2) is 45.0 Å². The van der Waals surface area contributed by atoms with E-state index in [0.29, 0.717) is 5.01 Å². The number of alkyl halides is 3. The monoisotopic (exact) mass is 409 g/mol. The second-order valence-electron chi connectivity index (χ2n) is 6.22. The lowest BCUT2D eigenvalue weighted by molar-refractivity contribution is -0.137. The fourth-order valence-corrected chi connectivity index (χ4v) is 2.86. The van der Waals surface area contributed by atoms with E-state index in [1.165, 1.54) is 26.0 Å². The smallest absolute Gasteiger partial charge is 0.283 e. The number of hydrazine groups is 1. The molecule has 0 spiro atoms. The van der Waals surface area contributed by atoms with E-state index in [4.69, 9.17) is 0 Å². The average molecular weight is 409 g/mol. The second-order valence-corrected chi connectivity index (χ2v) is 6.22. The van der Waals surface area contributed by atoms with Gasteiger partial charge in [-0.25, -0.2) is 14.5 Å². The van der Waals surface area contributed by atoms with E-state index < -0.39 is 41.9 Å². The van der Waals surface area contributed by atoms with Crippen LogP contribution in [0.4, 0.5) is 18.0 Å². The van der Waals surface area contributed by atoms with Crippen molar-refractivity contribution >= 4 is 23.6 Å². The number of nitrogens with zero attached hydrogens (tertiary/aromatic N) is 3. The normalized spacial score (nSPS) is 14.2. The lowest BCUT2D eigenvalue weighted by atomic mass is 10.1. The van der Waals surface area contributed by atoms with Gasteiger partial charge < -0.3 is 0 Å². The van der Waals surface area contributed by atoms with E-state index in [2.05, 4.69) is 5.10 Å². The van der Waals surface area contributed by atoms with Crippen molar-refractivity contribution in [2.45, 2.75) is 20.0 Å². The molecule has 3 rings (SSSR count). The Morgan fingerprint density at radius 3 is 2.48 bits per heavy atom. The van der Waals surface area contributed by atoms with Gasteiger partial charge >= 0.3 is 18.1 Å². The van der Waals surface area contributed by atoms with Crippen molar-refractivity contribution in [1.29, 1.82) is 0 Å². The summed E-state index contributed by atoms with van der Waals surface area (Å²) in [7, 11) is 0. The van der Waals surface area contributed by atoms with Crippen molar-refractivity contribution in [2.24, 2.45) is 0 Å². The molecule has 2 N–H and O–H groups in total. The average Bonchev–Trinajstić information content (AvgIpc) is 3.11. The number of aromatic nitrogens is 2. The van der Waals surface area contributed by atoms with Gasteiger partial charge in [-0.2, -0.15) is 18.3 Å². The lowest BCUT2D eigenvalue weighted by Crippen LogP contribution is -2.47. The van der Waals surface area contributed by atoms with E-state index in [1.807, 2.05) is 10.7 Å². The van der Waals surface area contributed by atoms with Crippen LogP contribution in [-0.2, 0) is 15.8 Å². The van der Waals surface area contributed by atoms with E-state index in [9.17, 15) is 32.3 Å². The summed E-state index contributed by atoms with van der Waals surface area (Å²) in [4.78, 5) is 47.4. The molecule has 0 saturated carbocycles. The molecular formula is C17H14F3N5O4. The Kier molecular flexibility index (Phi) is 4.86. The van der Waals surface area contributed by atoms with Crippen molar-refractivity contribution < 1.29 is 32.3 Å². The molecule has 1 aromatic heterocycles. The standard InChI is InChI=1S/C17H14F3N5O4/c1-8-13(14(27)15(28)23-24-7-12(26)21-16(24)29)9(2)25(22-8)11-5-3-4-10(6-11)17(18,19)20/h3-6H,7H2,1-2H3,(H,23,28)(H,21,26,29). The third kappa shape index (κ3) is 3.81. The summed E-state index contributed by atoms with van der Waals surface area (Å²) in [6.45, 7) is 2.40. The van der Waals surface area contributed by atoms with Crippen LogP contribution < -0.4 is 10.7 Å². The predicted octanol–water partition coefficient (Wildman–Crippen LogP) is 1.27. The zero-order valence-corrected chi connectivity index (χ0v) is 15.1.